The Balaban J connectivity index is 2.45. The highest BCUT2D eigenvalue weighted by Crippen LogP contribution is 2.31. The zero-order valence-corrected chi connectivity index (χ0v) is 17.4. The van der Waals surface area contributed by atoms with Gasteiger partial charge in [-0.05, 0) is 46.8 Å². The van der Waals surface area contributed by atoms with Gasteiger partial charge in [0.2, 0.25) is 0 Å². The Labute approximate surface area is 167 Å². The molecule has 0 saturated carbocycles. The van der Waals surface area contributed by atoms with E-state index in [1.807, 2.05) is 6.07 Å². The van der Waals surface area contributed by atoms with Crippen LogP contribution in [0.3, 0.4) is 0 Å². The second-order valence-electron chi connectivity index (χ2n) is 7.12. The van der Waals surface area contributed by atoms with E-state index in [2.05, 4.69) is 20.8 Å². The predicted octanol–water partition coefficient (Wildman–Crippen LogP) is 4.56. The van der Waals surface area contributed by atoms with Crippen LogP contribution in [0.25, 0.3) is 0 Å². The first kappa shape index (κ1) is 21.6. The molecule has 0 unspecified atom stereocenters. The molecule has 2 aromatic carbocycles. The summed E-state index contributed by atoms with van der Waals surface area (Å²) in [5.41, 5.74) is 1.56. The molecule has 5 nitrogen and oxygen atoms in total. The van der Waals surface area contributed by atoms with Crippen molar-refractivity contribution in [3.63, 3.8) is 0 Å². The normalized spacial score (nSPS) is 11.5. The van der Waals surface area contributed by atoms with E-state index in [0.29, 0.717) is 0 Å². The van der Waals surface area contributed by atoms with Crippen LogP contribution in [0.4, 0.5) is 5.69 Å². The van der Waals surface area contributed by atoms with Gasteiger partial charge < -0.3 is 9.84 Å². The number of nitrogens with zero attached hydrogens (tertiary/aromatic N) is 1. The third kappa shape index (κ3) is 4.25. The van der Waals surface area contributed by atoms with Crippen molar-refractivity contribution in [1.29, 1.82) is 0 Å². The molecule has 0 bridgehead atoms. The summed E-state index contributed by atoms with van der Waals surface area (Å²) in [6.07, 6.45) is -0.286. The number of phenols is 1. The molecule has 2 aromatic rings. The van der Waals surface area contributed by atoms with E-state index in [4.69, 9.17) is 4.74 Å². The van der Waals surface area contributed by atoms with E-state index in [1.165, 1.54) is 0 Å². The highest BCUT2D eigenvalue weighted by molar-refractivity contribution is 6.15. The Hall–Kier alpha value is -2.66. The number of esters is 1. The maximum atomic E-state index is 13.1. The number of carbonyl (C=O) groups is 2. The van der Waals surface area contributed by atoms with Crippen molar-refractivity contribution in [2.75, 3.05) is 19.6 Å². The molecule has 0 heterocycles. The van der Waals surface area contributed by atoms with Gasteiger partial charge in [0.1, 0.15) is 11.4 Å². The van der Waals surface area contributed by atoms with Crippen molar-refractivity contribution in [2.24, 2.45) is 0 Å². The van der Waals surface area contributed by atoms with Crippen LogP contribution < -0.4 is 4.48 Å². The quantitative estimate of drug-likeness (QED) is 0.412. The lowest BCUT2D eigenvalue weighted by Crippen LogP contribution is -2.48. The molecule has 0 spiro atoms. The molecule has 0 aliphatic heterocycles. The van der Waals surface area contributed by atoms with Gasteiger partial charge in [0.05, 0.1) is 36.9 Å². The summed E-state index contributed by atoms with van der Waals surface area (Å²) >= 11 is 0. The SMILES string of the molecule is CC[N+](CC)(CC)c1ccc(C(=O)c2ccccc2C(=O)OC(C)C)c(O)c1. The first-order valence-electron chi connectivity index (χ1n) is 9.84. The Morgan fingerprint density at radius 1 is 0.929 bits per heavy atom. The summed E-state index contributed by atoms with van der Waals surface area (Å²) in [6, 6.07) is 11.7. The number of aromatic hydroxyl groups is 1. The summed E-state index contributed by atoms with van der Waals surface area (Å²) in [6.45, 7) is 12.5. The number of ether oxygens (including phenoxy) is 1. The summed E-state index contributed by atoms with van der Waals surface area (Å²) in [7, 11) is 0. The van der Waals surface area contributed by atoms with E-state index < -0.39 is 11.8 Å². The number of phenolic OH excluding ortho intramolecular Hbond substituents is 1. The molecule has 0 aliphatic rings. The van der Waals surface area contributed by atoms with Gasteiger partial charge in [-0.25, -0.2) is 4.79 Å². The van der Waals surface area contributed by atoms with Gasteiger partial charge in [0.15, 0.2) is 5.78 Å². The smallest absolute Gasteiger partial charge is 0.339 e. The second kappa shape index (κ2) is 9.02. The molecule has 0 saturated heterocycles. The zero-order valence-electron chi connectivity index (χ0n) is 17.4. The van der Waals surface area contributed by atoms with E-state index in [0.717, 1.165) is 29.8 Å². The molecular weight excluding hydrogens is 354 g/mol. The highest BCUT2D eigenvalue weighted by Gasteiger charge is 2.27. The first-order chi connectivity index (χ1) is 13.3. The molecule has 0 amide bonds. The molecule has 0 aromatic heterocycles. The van der Waals surface area contributed by atoms with Crippen LogP contribution in [-0.4, -0.2) is 42.6 Å². The monoisotopic (exact) mass is 384 g/mol. The van der Waals surface area contributed by atoms with Crippen molar-refractivity contribution in [2.45, 2.75) is 40.7 Å². The van der Waals surface area contributed by atoms with E-state index in [-0.39, 0.29) is 28.5 Å². The van der Waals surface area contributed by atoms with E-state index in [9.17, 15) is 14.7 Å². The van der Waals surface area contributed by atoms with Gasteiger partial charge in [-0.15, -0.1) is 0 Å². The second-order valence-corrected chi connectivity index (χ2v) is 7.12. The number of quaternary nitrogens is 1. The average molecular weight is 384 g/mol. The predicted molar refractivity (Wildman–Crippen MR) is 112 cm³/mol. The molecule has 2 rings (SSSR count). The molecule has 150 valence electrons. The minimum Gasteiger partial charge on any atom is -0.507 e. The van der Waals surface area contributed by atoms with Crippen LogP contribution in [-0.2, 0) is 4.74 Å². The molecule has 1 N–H and O–H groups in total. The van der Waals surface area contributed by atoms with Crippen LogP contribution in [0.2, 0.25) is 0 Å². The fourth-order valence-corrected chi connectivity index (χ4v) is 3.51. The summed E-state index contributed by atoms with van der Waals surface area (Å²) in [4.78, 5) is 25.4. The van der Waals surface area contributed by atoms with Gasteiger partial charge in [0.25, 0.3) is 0 Å². The minimum absolute atomic E-state index is 0.0765. The Morgan fingerprint density at radius 2 is 1.50 bits per heavy atom. The lowest BCUT2D eigenvalue weighted by molar-refractivity contribution is 0.0375. The topological polar surface area (TPSA) is 63.6 Å². The third-order valence-corrected chi connectivity index (χ3v) is 5.32. The van der Waals surface area contributed by atoms with Crippen LogP contribution in [0, 0.1) is 0 Å². The zero-order chi connectivity index (χ0) is 20.9. The van der Waals surface area contributed by atoms with Crippen molar-refractivity contribution >= 4 is 17.4 Å². The number of rotatable bonds is 8. The molecule has 28 heavy (non-hydrogen) atoms. The van der Waals surface area contributed by atoms with Crippen molar-refractivity contribution in [1.82, 2.24) is 4.48 Å². The molecular formula is C23H30NO4+. The Bertz CT molecular complexity index is 845. The molecule has 5 heteroatoms. The summed E-state index contributed by atoms with van der Waals surface area (Å²) in [5, 5.41) is 10.6. The lowest BCUT2D eigenvalue weighted by atomic mass is 9.97. The highest BCUT2D eigenvalue weighted by atomic mass is 16.5. The number of ketones is 1. The molecule has 0 fully saturated rings. The third-order valence-electron chi connectivity index (χ3n) is 5.32. The van der Waals surface area contributed by atoms with Crippen molar-refractivity contribution in [3.8, 4) is 5.75 Å². The number of hydrogen-bond donors (Lipinski definition) is 1. The first-order valence-corrected chi connectivity index (χ1v) is 9.84. The molecule has 0 radical (unpaired) electrons. The summed E-state index contributed by atoms with van der Waals surface area (Å²) < 4.78 is 5.97. The van der Waals surface area contributed by atoms with Gasteiger partial charge in [0, 0.05) is 17.7 Å². The van der Waals surface area contributed by atoms with Crippen LogP contribution in [0.1, 0.15) is 60.9 Å². The standard InChI is InChI=1S/C23H29NO4/c1-6-24(7-2,8-3)17-13-14-20(21(25)15-17)22(26)18-11-9-10-12-19(18)23(27)28-16(4)5/h9-16H,6-8H2,1-5H3/p+1. The van der Waals surface area contributed by atoms with Gasteiger partial charge in [-0.3, -0.25) is 9.28 Å². The van der Waals surface area contributed by atoms with Crippen LogP contribution in [0.5, 0.6) is 5.75 Å². The fourth-order valence-electron chi connectivity index (χ4n) is 3.51. The molecule has 0 aliphatic carbocycles. The van der Waals surface area contributed by atoms with Gasteiger partial charge in [-0.1, -0.05) is 18.2 Å². The van der Waals surface area contributed by atoms with Crippen LogP contribution >= 0.6 is 0 Å². The maximum Gasteiger partial charge on any atom is 0.339 e. The fraction of sp³-hybridized carbons (Fsp3) is 0.391. The average Bonchev–Trinajstić information content (AvgIpc) is 2.69. The number of hydrogen-bond acceptors (Lipinski definition) is 4. The maximum absolute atomic E-state index is 13.1. The van der Waals surface area contributed by atoms with Gasteiger partial charge >= 0.3 is 5.97 Å². The van der Waals surface area contributed by atoms with E-state index in [1.54, 1.807) is 50.2 Å². The summed E-state index contributed by atoms with van der Waals surface area (Å²) in [5.74, 6) is -1.02. The number of carbonyl (C=O) groups excluding carboxylic acids is 2. The lowest BCUT2D eigenvalue weighted by Gasteiger charge is -2.35. The van der Waals surface area contributed by atoms with Gasteiger partial charge in [-0.2, -0.15) is 0 Å². The minimum atomic E-state index is -0.548. The Kier molecular flexibility index (Phi) is 6.97. The van der Waals surface area contributed by atoms with E-state index >= 15 is 0 Å². The van der Waals surface area contributed by atoms with Crippen LogP contribution in [0.15, 0.2) is 42.5 Å². The van der Waals surface area contributed by atoms with Crippen molar-refractivity contribution < 1.29 is 19.4 Å². The molecule has 0 atom stereocenters. The largest absolute Gasteiger partial charge is 0.507 e. The Morgan fingerprint density at radius 3 is 2.00 bits per heavy atom. The number of benzene rings is 2. The van der Waals surface area contributed by atoms with Crippen molar-refractivity contribution in [3.05, 3.63) is 59.2 Å².